The number of ether oxygens (including phenoxy) is 2. The van der Waals surface area contributed by atoms with Crippen molar-refractivity contribution in [3.63, 3.8) is 0 Å². The molecule has 0 amide bonds. The van der Waals surface area contributed by atoms with E-state index in [2.05, 4.69) is 38.0 Å². The molecule has 24 heavy (non-hydrogen) atoms. The normalized spacial score (nSPS) is 11.7. The van der Waals surface area contributed by atoms with Crippen LogP contribution in [0.5, 0.6) is 5.75 Å². The number of rotatable bonds is 5. The first-order valence-corrected chi connectivity index (χ1v) is 7.67. The van der Waals surface area contributed by atoms with Crippen molar-refractivity contribution >= 4 is 5.97 Å². The summed E-state index contributed by atoms with van der Waals surface area (Å²) < 4.78 is 10.3. The smallest absolute Gasteiger partial charge is 0.359 e. The van der Waals surface area contributed by atoms with Gasteiger partial charge < -0.3 is 15.2 Å². The van der Waals surface area contributed by atoms with Crippen LogP contribution < -0.4 is 21.7 Å². The van der Waals surface area contributed by atoms with E-state index >= 15 is 0 Å². The molecule has 6 nitrogen and oxygen atoms in total. The highest BCUT2D eigenvalue weighted by atomic mass is 16.5. The summed E-state index contributed by atoms with van der Waals surface area (Å²) in [7, 11) is 0. The lowest BCUT2D eigenvalue weighted by atomic mass is 9.93. The summed E-state index contributed by atoms with van der Waals surface area (Å²) in [6, 6.07) is 7.12. The summed E-state index contributed by atoms with van der Waals surface area (Å²) in [5.74, 6) is 11.3. The van der Waals surface area contributed by atoms with E-state index < -0.39 is 5.97 Å². The molecule has 0 radical (unpaired) electrons. The number of hydrazine groups is 1. The van der Waals surface area contributed by atoms with E-state index in [9.17, 15) is 4.79 Å². The molecule has 0 aliphatic carbocycles. The van der Waals surface area contributed by atoms with Gasteiger partial charge in [0.05, 0.1) is 6.61 Å². The Kier molecular flexibility index (Phi) is 7.15. The minimum absolute atomic E-state index is 0.0757. The summed E-state index contributed by atoms with van der Waals surface area (Å²) in [6.45, 7) is 8.27. The maximum absolute atomic E-state index is 11.6. The largest absolute Gasteiger partial charge is 0.461 e. The molecule has 1 rings (SSSR count). The first kappa shape index (κ1) is 19.4. The summed E-state index contributed by atoms with van der Waals surface area (Å²) in [4.78, 5) is 11.6. The molecule has 1 aromatic rings. The first-order chi connectivity index (χ1) is 11.3. The Morgan fingerprint density at radius 3 is 2.62 bits per heavy atom. The SMILES string of the molecule is CCOC(=O)/C(N)=C(/NN)Oc1cccc(C#CCC(C)(C)C)c1. The molecule has 0 unspecified atom stereocenters. The highest BCUT2D eigenvalue weighted by Crippen LogP contribution is 2.18. The van der Waals surface area contributed by atoms with Crippen molar-refractivity contribution in [2.45, 2.75) is 34.1 Å². The van der Waals surface area contributed by atoms with Gasteiger partial charge in [-0.3, -0.25) is 5.43 Å². The van der Waals surface area contributed by atoms with E-state index in [1.54, 1.807) is 25.1 Å². The van der Waals surface area contributed by atoms with E-state index in [0.717, 1.165) is 12.0 Å². The topological polar surface area (TPSA) is 99.6 Å². The molecule has 130 valence electrons. The van der Waals surface area contributed by atoms with E-state index in [1.807, 2.05) is 6.07 Å². The van der Waals surface area contributed by atoms with Gasteiger partial charge in [0.25, 0.3) is 0 Å². The minimum Gasteiger partial charge on any atom is -0.461 e. The second-order valence-electron chi connectivity index (χ2n) is 6.28. The molecule has 0 bridgehead atoms. The van der Waals surface area contributed by atoms with Crippen molar-refractivity contribution in [2.24, 2.45) is 17.0 Å². The van der Waals surface area contributed by atoms with Crippen molar-refractivity contribution in [1.82, 2.24) is 5.43 Å². The van der Waals surface area contributed by atoms with E-state index in [1.165, 1.54) is 0 Å². The Balaban J connectivity index is 2.93. The Morgan fingerprint density at radius 1 is 1.33 bits per heavy atom. The van der Waals surface area contributed by atoms with E-state index in [-0.39, 0.29) is 23.6 Å². The molecule has 0 fully saturated rings. The standard InChI is InChI=1S/C18H25N3O3/c1-5-23-17(22)15(19)16(21-20)24-14-10-6-8-13(12-14)9-7-11-18(2,3)4/h6,8,10,12,21H,5,11,19-20H2,1-4H3/b16-15+. The zero-order chi connectivity index (χ0) is 18.2. The van der Waals surface area contributed by atoms with Crippen LogP contribution in [0.2, 0.25) is 0 Å². The predicted octanol–water partition coefficient (Wildman–Crippen LogP) is 2.01. The van der Waals surface area contributed by atoms with Gasteiger partial charge in [0.2, 0.25) is 5.88 Å². The Hall–Kier alpha value is -2.65. The van der Waals surface area contributed by atoms with Gasteiger partial charge in [0, 0.05) is 12.0 Å². The van der Waals surface area contributed by atoms with Gasteiger partial charge in [0.1, 0.15) is 5.75 Å². The Morgan fingerprint density at radius 2 is 2.04 bits per heavy atom. The van der Waals surface area contributed by atoms with Gasteiger partial charge in [-0.2, -0.15) is 0 Å². The molecule has 6 heteroatoms. The summed E-state index contributed by atoms with van der Waals surface area (Å²) >= 11 is 0. The lowest BCUT2D eigenvalue weighted by Crippen LogP contribution is -2.31. The number of hydrogen-bond donors (Lipinski definition) is 3. The summed E-state index contributed by atoms with van der Waals surface area (Å²) in [5, 5.41) is 0. The number of hydrogen-bond acceptors (Lipinski definition) is 6. The summed E-state index contributed by atoms with van der Waals surface area (Å²) in [6.07, 6.45) is 0.781. The van der Waals surface area contributed by atoms with Crippen molar-refractivity contribution in [2.75, 3.05) is 6.61 Å². The maximum Gasteiger partial charge on any atom is 0.359 e. The summed E-state index contributed by atoms with van der Waals surface area (Å²) in [5.41, 5.74) is 8.66. The lowest BCUT2D eigenvalue weighted by molar-refractivity contribution is -0.138. The van der Waals surface area contributed by atoms with Crippen molar-refractivity contribution in [3.05, 3.63) is 41.4 Å². The second kappa shape index (κ2) is 8.85. The molecular weight excluding hydrogens is 306 g/mol. The highest BCUT2D eigenvalue weighted by molar-refractivity contribution is 5.87. The van der Waals surface area contributed by atoms with Crippen LogP contribution in [0.15, 0.2) is 35.8 Å². The quantitative estimate of drug-likeness (QED) is 0.191. The van der Waals surface area contributed by atoms with E-state index in [0.29, 0.717) is 5.75 Å². The molecule has 0 aliphatic rings. The van der Waals surface area contributed by atoms with Crippen LogP contribution in [0.25, 0.3) is 0 Å². The van der Waals surface area contributed by atoms with Crippen LogP contribution in [0.3, 0.4) is 0 Å². The van der Waals surface area contributed by atoms with Crippen LogP contribution in [0.4, 0.5) is 0 Å². The highest BCUT2D eigenvalue weighted by Gasteiger charge is 2.15. The number of esters is 1. The zero-order valence-electron chi connectivity index (χ0n) is 14.6. The third kappa shape index (κ3) is 6.63. The van der Waals surface area contributed by atoms with Crippen molar-refractivity contribution in [3.8, 4) is 17.6 Å². The van der Waals surface area contributed by atoms with Gasteiger partial charge in [-0.1, -0.05) is 38.7 Å². The monoisotopic (exact) mass is 331 g/mol. The van der Waals surface area contributed by atoms with E-state index in [4.69, 9.17) is 21.1 Å². The van der Waals surface area contributed by atoms with Crippen LogP contribution in [-0.4, -0.2) is 12.6 Å². The number of carbonyl (C=O) groups is 1. The first-order valence-electron chi connectivity index (χ1n) is 7.67. The molecule has 0 saturated heterocycles. The van der Waals surface area contributed by atoms with Gasteiger partial charge in [-0.25, -0.2) is 10.6 Å². The predicted molar refractivity (Wildman–Crippen MR) is 93.2 cm³/mol. The molecule has 0 spiro atoms. The lowest BCUT2D eigenvalue weighted by Gasteiger charge is -2.13. The van der Waals surface area contributed by atoms with Crippen LogP contribution in [0, 0.1) is 17.3 Å². The average Bonchev–Trinajstić information content (AvgIpc) is 2.51. The second-order valence-corrected chi connectivity index (χ2v) is 6.28. The molecule has 0 aliphatic heterocycles. The maximum atomic E-state index is 11.6. The van der Waals surface area contributed by atoms with Crippen LogP contribution in [-0.2, 0) is 9.53 Å². The fourth-order valence-electron chi connectivity index (χ4n) is 1.63. The average molecular weight is 331 g/mol. The molecule has 0 saturated carbocycles. The fourth-order valence-corrected chi connectivity index (χ4v) is 1.63. The zero-order valence-corrected chi connectivity index (χ0v) is 14.6. The number of carbonyl (C=O) groups excluding carboxylic acids is 1. The minimum atomic E-state index is -0.702. The van der Waals surface area contributed by atoms with Gasteiger partial charge >= 0.3 is 5.97 Å². The van der Waals surface area contributed by atoms with Crippen molar-refractivity contribution in [1.29, 1.82) is 0 Å². The third-order valence-corrected chi connectivity index (χ3v) is 2.78. The number of nitrogens with two attached hydrogens (primary N) is 2. The molecular formula is C18H25N3O3. The fraction of sp³-hybridized carbons (Fsp3) is 0.389. The van der Waals surface area contributed by atoms with Gasteiger partial charge in [-0.15, -0.1) is 0 Å². The molecule has 0 aromatic heterocycles. The number of nitrogens with one attached hydrogen (secondary N) is 1. The van der Waals surface area contributed by atoms with Gasteiger partial charge in [-0.05, 0) is 30.5 Å². The van der Waals surface area contributed by atoms with Crippen LogP contribution >= 0.6 is 0 Å². The van der Waals surface area contributed by atoms with Crippen LogP contribution in [0.1, 0.15) is 39.7 Å². The number of benzene rings is 1. The van der Waals surface area contributed by atoms with Crippen molar-refractivity contribution < 1.29 is 14.3 Å². The Bertz CT molecular complexity index is 664. The Labute approximate surface area is 143 Å². The molecule has 0 atom stereocenters. The molecule has 1 aromatic carbocycles. The third-order valence-electron chi connectivity index (χ3n) is 2.78. The van der Waals surface area contributed by atoms with Gasteiger partial charge in [0.15, 0.2) is 5.70 Å². The molecule has 5 N–H and O–H groups in total. The molecule has 0 heterocycles.